The Morgan fingerprint density at radius 3 is 2.91 bits per heavy atom. The van der Waals surface area contributed by atoms with Crippen LogP contribution in [0.1, 0.15) is 24.6 Å². The molecule has 1 aliphatic rings. The van der Waals surface area contributed by atoms with Crippen molar-refractivity contribution in [2.24, 2.45) is 5.90 Å². The fourth-order valence-corrected chi connectivity index (χ4v) is 2.18. The van der Waals surface area contributed by atoms with Crippen LogP contribution in [0.3, 0.4) is 0 Å². The van der Waals surface area contributed by atoms with Gasteiger partial charge in [0.1, 0.15) is 24.3 Å². The molecule has 9 heteroatoms. The van der Waals surface area contributed by atoms with Gasteiger partial charge in [-0.05, 0) is 0 Å². The van der Waals surface area contributed by atoms with E-state index in [4.69, 9.17) is 26.3 Å². The summed E-state index contributed by atoms with van der Waals surface area (Å²) in [7, 11) is 0. The number of rotatable bonds is 4. The number of nitrogens with zero attached hydrogens (tertiary/aromatic N) is 2. The number of nitrogen functional groups attached to an aromatic ring is 1. The summed E-state index contributed by atoms with van der Waals surface area (Å²) < 4.78 is 6.78. The van der Waals surface area contributed by atoms with E-state index < -0.39 is 24.1 Å². The second kappa shape index (κ2) is 7.35. The molecule has 0 aliphatic carbocycles. The maximum atomic E-state index is 12.0. The molecule has 1 aliphatic heterocycles. The van der Waals surface area contributed by atoms with Crippen molar-refractivity contribution in [3.8, 4) is 11.8 Å². The molecular formula is C13H18N4O5. The van der Waals surface area contributed by atoms with E-state index >= 15 is 0 Å². The standard InChI is InChI=1S/C13H18N4O5/c14-12-8(3-1-2-4-18)6-17(13(20)16-12)11-5-9(22-15)10(7-19)21-11/h6,9-11,18-19H,2,4-5,7,15H2,(H2,14,16,20)/t9?,10-,11-/m1/s1. The van der Waals surface area contributed by atoms with Crippen LogP contribution in [0.4, 0.5) is 5.82 Å². The van der Waals surface area contributed by atoms with Crippen molar-refractivity contribution < 1.29 is 19.8 Å². The van der Waals surface area contributed by atoms with Gasteiger partial charge in [0.25, 0.3) is 0 Å². The molecule has 0 saturated carbocycles. The second-order valence-corrected chi connectivity index (χ2v) is 4.73. The van der Waals surface area contributed by atoms with Crippen LogP contribution in [0.5, 0.6) is 0 Å². The number of ether oxygens (including phenoxy) is 1. The lowest BCUT2D eigenvalue weighted by Gasteiger charge is -2.15. The molecule has 1 aromatic heterocycles. The number of hydrogen-bond acceptors (Lipinski definition) is 8. The van der Waals surface area contributed by atoms with E-state index in [1.807, 2.05) is 0 Å². The van der Waals surface area contributed by atoms with Gasteiger partial charge in [-0.3, -0.25) is 9.40 Å². The van der Waals surface area contributed by atoms with Crippen LogP contribution in [-0.2, 0) is 9.57 Å². The highest BCUT2D eigenvalue weighted by Crippen LogP contribution is 2.29. The predicted octanol–water partition coefficient (Wildman–Crippen LogP) is -1.90. The van der Waals surface area contributed by atoms with Crippen molar-refractivity contribution >= 4 is 5.82 Å². The van der Waals surface area contributed by atoms with E-state index in [9.17, 15) is 9.90 Å². The quantitative estimate of drug-likeness (QED) is 0.372. The summed E-state index contributed by atoms with van der Waals surface area (Å²) in [4.78, 5) is 20.4. The van der Waals surface area contributed by atoms with E-state index in [-0.39, 0.29) is 31.9 Å². The van der Waals surface area contributed by atoms with Crippen LogP contribution < -0.4 is 17.3 Å². The highest BCUT2D eigenvalue weighted by Gasteiger charge is 2.37. The third-order valence-electron chi connectivity index (χ3n) is 3.29. The predicted molar refractivity (Wildman–Crippen MR) is 76.2 cm³/mol. The number of anilines is 1. The topological polar surface area (TPSA) is 146 Å². The van der Waals surface area contributed by atoms with Gasteiger partial charge in [0, 0.05) is 19.0 Å². The van der Waals surface area contributed by atoms with Crippen molar-refractivity contribution in [3.63, 3.8) is 0 Å². The SMILES string of the molecule is NOC1C[C@H](n2cc(C#CCCO)c(N)nc2=O)O[C@@H]1CO. The molecule has 0 spiro atoms. The molecule has 1 aromatic rings. The summed E-state index contributed by atoms with van der Waals surface area (Å²) >= 11 is 0. The van der Waals surface area contributed by atoms with Gasteiger partial charge in [-0.1, -0.05) is 11.8 Å². The highest BCUT2D eigenvalue weighted by atomic mass is 16.7. The zero-order valence-electron chi connectivity index (χ0n) is 11.8. The first-order valence-corrected chi connectivity index (χ1v) is 6.71. The molecule has 0 amide bonds. The molecule has 120 valence electrons. The summed E-state index contributed by atoms with van der Waals surface area (Å²) in [6.45, 7) is -0.349. The van der Waals surface area contributed by atoms with Gasteiger partial charge in [0.05, 0.1) is 18.8 Å². The largest absolute Gasteiger partial charge is 0.395 e. The molecule has 9 nitrogen and oxygen atoms in total. The number of hydrogen-bond donors (Lipinski definition) is 4. The lowest BCUT2D eigenvalue weighted by molar-refractivity contribution is -0.0629. The van der Waals surface area contributed by atoms with E-state index in [1.54, 1.807) is 0 Å². The number of aromatic nitrogens is 2. The van der Waals surface area contributed by atoms with E-state index in [0.29, 0.717) is 5.56 Å². The lowest BCUT2D eigenvalue weighted by atomic mass is 10.2. The fourth-order valence-electron chi connectivity index (χ4n) is 2.18. The van der Waals surface area contributed by atoms with Gasteiger partial charge in [-0.15, -0.1) is 0 Å². The summed E-state index contributed by atoms with van der Waals surface area (Å²) in [6.07, 6.45) is 0.189. The van der Waals surface area contributed by atoms with E-state index in [1.165, 1.54) is 10.8 Å². The molecule has 3 atom stereocenters. The first kappa shape index (κ1) is 16.4. The minimum absolute atomic E-state index is 0.00928. The zero-order chi connectivity index (χ0) is 16.1. The molecule has 2 heterocycles. The minimum atomic E-state index is -0.676. The number of nitrogens with two attached hydrogens (primary N) is 2. The second-order valence-electron chi connectivity index (χ2n) is 4.73. The Balaban J connectivity index is 2.30. The fraction of sp³-hybridized carbons (Fsp3) is 0.538. The summed E-state index contributed by atoms with van der Waals surface area (Å²) in [5, 5.41) is 17.9. The molecule has 0 aromatic carbocycles. The Labute approximate surface area is 126 Å². The van der Waals surface area contributed by atoms with Crippen LogP contribution in [0.2, 0.25) is 0 Å². The summed E-state index contributed by atoms with van der Waals surface area (Å²) in [6, 6.07) is 0. The average molecular weight is 310 g/mol. The lowest BCUT2D eigenvalue weighted by Crippen LogP contribution is -2.30. The van der Waals surface area contributed by atoms with E-state index in [2.05, 4.69) is 16.8 Å². The van der Waals surface area contributed by atoms with Crippen molar-refractivity contribution in [2.45, 2.75) is 31.3 Å². The summed E-state index contributed by atoms with van der Waals surface area (Å²) in [5.74, 6) is 10.6. The van der Waals surface area contributed by atoms with Crippen molar-refractivity contribution in [1.82, 2.24) is 9.55 Å². The molecule has 1 unspecified atom stereocenters. The Hall–Kier alpha value is -1.96. The first-order valence-electron chi connectivity index (χ1n) is 6.71. The maximum Gasteiger partial charge on any atom is 0.351 e. The van der Waals surface area contributed by atoms with E-state index in [0.717, 1.165) is 0 Å². The third-order valence-corrected chi connectivity index (χ3v) is 3.29. The Morgan fingerprint density at radius 2 is 2.32 bits per heavy atom. The Kier molecular flexibility index (Phi) is 5.48. The normalized spacial score (nSPS) is 24.0. The first-order chi connectivity index (χ1) is 10.6. The van der Waals surface area contributed by atoms with Crippen molar-refractivity contribution in [2.75, 3.05) is 18.9 Å². The molecule has 1 fully saturated rings. The Morgan fingerprint density at radius 1 is 1.55 bits per heavy atom. The smallest absolute Gasteiger partial charge is 0.351 e. The van der Waals surface area contributed by atoms with Gasteiger partial charge in [0.2, 0.25) is 0 Å². The van der Waals surface area contributed by atoms with Crippen LogP contribution >= 0.6 is 0 Å². The van der Waals surface area contributed by atoms with Crippen LogP contribution in [0.15, 0.2) is 11.0 Å². The molecule has 0 bridgehead atoms. The van der Waals surface area contributed by atoms with Gasteiger partial charge >= 0.3 is 5.69 Å². The minimum Gasteiger partial charge on any atom is -0.395 e. The van der Waals surface area contributed by atoms with Gasteiger partial charge < -0.3 is 20.7 Å². The molecule has 0 radical (unpaired) electrons. The molecule has 2 rings (SSSR count). The number of aliphatic hydroxyl groups excluding tert-OH is 2. The Bertz CT molecular complexity index is 624. The molecule has 6 N–H and O–H groups in total. The van der Waals surface area contributed by atoms with Crippen LogP contribution in [0.25, 0.3) is 0 Å². The molecule has 22 heavy (non-hydrogen) atoms. The highest BCUT2D eigenvalue weighted by molar-refractivity contribution is 5.48. The number of aliphatic hydroxyl groups is 2. The van der Waals surface area contributed by atoms with Crippen LogP contribution in [0, 0.1) is 11.8 Å². The molecule has 1 saturated heterocycles. The third kappa shape index (κ3) is 3.44. The van der Waals surface area contributed by atoms with Crippen LogP contribution in [-0.4, -0.2) is 45.2 Å². The summed E-state index contributed by atoms with van der Waals surface area (Å²) in [5.41, 5.74) is 5.43. The average Bonchev–Trinajstić information content (AvgIpc) is 2.92. The van der Waals surface area contributed by atoms with Gasteiger partial charge in [0.15, 0.2) is 0 Å². The van der Waals surface area contributed by atoms with Crippen molar-refractivity contribution in [3.05, 3.63) is 22.2 Å². The monoisotopic (exact) mass is 310 g/mol. The van der Waals surface area contributed by atoms with Gasteiger partial charge in [-0.25, -0.2) is 10.7 Å². The van der Waals surface area contributed by atoms with Gasteiger partial charge in [-0.2, -0.15) is 4.98 Å². The molecular weight excluding hydrogens is 292 g/mol. The van der Waals surface area contributed by atoms with Crippen molar-refractivity contribution in [1.29, 1.82) is 0 Å². The maximum absolute atomic E-state index is 12.0. The zero-order valence-corrected chi connectivity index (χ0v) is 11.8.